The molecule has 0 saturated heterocycles. The molecule has 0 aliphatic heterocycles. The van der Waals surface area contributed by atoms with E-state index in [1.165, 1.54) is 0 Å². The van der Waals surface area contributed by atoms with Crippen molar-refractivity contribution in [1.29, 1.82) is 0 Å². The first-order valence-corrected chi connectivity index (χ1v) is 5.40. The monoisotopic (exact) mass is 313 g/mol. The Morgan fingerprint density at radius 2 is 2.20 bits per heavy atom. The highest BCUT2D eigenvalue weighted by molar-refractivity contribution is 14.1. The molecule has 1 heterocycles. The minimum atomic E-state index is -0.232. The van der Waals surface area contributed by atoms with E-state index in [0.717, 1.165) is 9.26 Å². The third-order valence-corrected chi connectivity index (χ3v) is 2.78. The van der Waals surface area contributed by atoms with Gasteiger partial charge >= 0.3 is 0 Å². The van der Waals surface area contributed by atoms with E-state index in [2.05, 4.69) is 37.9 Å². The third-order valence-electron chi connectivity index (χ3n) is 1.84. The van der Waals surface area contributed by atoms with E-state index in [0.29, 0.717) is 5.82 Å². The number of nitrogens with zero attached hydrogens (tertiary/aromatic N) is 1. The Morgan fingerprint density at radius 1 is 1.40 bits per heavy atom. The Bertz CT molecular complexity index is 467. The van der Waals surface area contributed by atoms with E-state index in [1.54, 1.807) is 12.4 Å². The average Bonchev–Trinajstić information content (AvgIpc) is 2.74. The first-order valence-electron chi connectivity index (χ1n) is 4.32. The fraction of sp³-hybridized carbons (Fsp3) is 0. The van der Waals surface area contributed by atoms with Crippen molar-refractivity contribution >= 4 is 34.2 Å². The van der Waals surface area contributed by atoms with Gasteiger partial charge in [-0.1, -0.05) is 12.1 Å². The Morgan fingerprint density at radius 3 is 2.87 bits per heavy atom. The van der Waals surface area contributed by atoms with Crippen molar-refractivity contribution in [1.82, 2.24) is 9.97 Å². The minimum Gasteiger partial charge on any atom is -0.341 e. The van der Waals surface area contributed by atoms with Gasteiger partial charge in [-0.15, -0.1) is 0 Å². The third kappa shape index (κ3) is 2.35. The van der Waals surface area contributed by atoms with E-state index in [4.69, 9.17) is 0 Å². The number of benzene rings is 1. The molecule has 1 aromatic carbocycles. The lowest BCUT2D eigenvalue weighted by Gasteiger charge is -2.04. The summed E-state index contributed by atoms with van der Waals surface area (Å²) in [6.07, 6.45) is 3.16. The molecule has 15 heavy (non-hydrogen) atoms. The van der Waals surface area contributed by atoms with E-state index in [9.17, 15) is 4.79 Å². The van der Waals surface area contributed by atoms with Gasteiger partial charge in [0.25, 0.3) is 5.91 Å². The molecule has 0 unspecified atom stereocenters. The molecule has 5 heteroatoms. The molecule has 2 rings (SSSR count). The summed E-state index contributed by atoms with van der Waals surface area (Å²) in [5, 5.41) is 2.77. The average molecular weight is 313 g/mol. The molecule has 2 aromatic rings. The number of hydrogen-bond donors (Lipinski definition) is 2. The number of halogens is 1. The minimum absolute atomic E-state index is 0.232. The Kier molecular flexibility index (Phi) is 3.00. The van der Waals surface area contributed by atoms with Crippen molar-refractivity contribution in [2.24, 2.45) is 0 Å². The van der Waals surface area contributed by atoms with E-state index in [1.807, 2.05) is 24.3 Å². The summed E-state index contributed by atoms with van der Waals surface area (Å²) in [6.45, 7) is 0. The van der Waals surface area contributed by atoms with Gasteiger partial charge in [-0.05, 0) is 34.7 Å². The zero-order valence-corrected chi connectivity index (χ0v) is 9.86. The van der Waals surface area contributed by atoms with Gasteiger partial charge in [-0.25, -0.2) is 4.98 Å². The van der Waals surface area contributed by atoms with Crippen LogP contribution in [0.25, 0.3) is 0 Å². The second-order valence-electron chi connectivity index (χ2n) is 2.87. The smallest absolute Gasteiger partial charge is 0.291 e. The van der Waals surface area contributed by atoms with Crippen LogP contribution < -0.4 is 5.32 Å². The maximum Gasteiger partial charge on any atom is 0.291 e. The normalized spacial score (nSPS) is 9.93. The van der Waals surface area contributed by atoms with Gasteiger partial charge in [0.2, 0.25) is 0 Å². The maximum atomic E-state index is 11.6. The summed E-state index contributed by atoms with van der Waals surface area (Å²) < 4.78 is 0.995. The van der Waals surface area contributed by atoms with Crippen LogP contribution in [0.3, 0.4) is 0 Å². The summed E-state index contributed by atoms with van der Waals surface area (Å²) in [4.78, 5) is 18.2. The Balaban J connectivity index is 2.17. The number of rotatable bonds is 2. The lowest BCUT2D eigenvalue weighted by Crippen LogP contribution is -2.14. The van der Waals surface area contributed by atoms with Crippen molar-refractivity contribution in [2.45, 2.75) is 0 Å². The number of anilines is 1. The number of H-pyrrole nitrogens is 1. The number of carbonyl (C=O) groups excluding carboxylic acids is 1. The van der Waals surface area contributed by atoms with Crippen molar-refractivity contribution < 1.29 is 4.79 Å². The van der Waals surface area contributed by atoms with Crippen LogP contribution in [0, 0.1) is 3.57 Å². The van der Waals surface area contributed by atoms with Crippen LogP contribution in [0.2, 0.25) is 0 Å². The molecule has 4 nitrogen and oxygen atoms in total. The summed E-state index contributed by atoms with van der Waals surface area (Å²) in [7, 11) is 0. The SMILES string of the molecule is O=C(Nc1ccccc1I)c1ncc[nH]1. The van der Waals surface area contributed by atoms with Crippen LogP contribution >= 0.6 is 22.6 Å². The second-order valence-corrected chi connectivity index (χ2v) is 4.03. The zero-order chi connectivity index (χ0) is 10.7. The molecule has 0 radical (unpaired) electrons. The highest BCUT2D eigenvalue weighted by atomic mass is 127. The van der Waals surface area contributed by atoms with Crippen molar-refractivity contribution in [3.63, 3.8) is 0 Å². The Labute approximate surface area is 100 Å². The lowest BCUT2D eigenvalue weighted by atomic mass is 10.3. The van der Waals surface area contributed by atoms with Crippen molar-refractivity contribution in [3.8, 4) is 0 Å². The molecule has 1 amide bonds. The van der Waals surface area contributed by atoms with Crippen molar-refractivity contribution in [2.75, 3.05) is 5.32 Å². The molecular formula is C10H8IN3O. The van der Waals surface area contributed by atoms with Gasteiger partial charge in [-0.3, -0.25) is 4.79 Å². The van der Waals surface area contributed by atoms with E-state index >= 15 is 0 Å². The number of aromatic amines is 1. The summed E-state index contributed by atoms with van der Waals surface area (Å²) in [5.41, 5.74) is 0.791. The lowest BCUT2D eigenvalue weighted by molar-refractivity contribution is 0.101. The van der Waals surface area contributed by atoms with Gasteiger partial charge in [0.15, 0.2) is 5.82 Å². The molecule has 0 aliphatic carbocycles. The van der Waals surface area contributed by atoms with Gasteiger partial charge in [-0.2, -0.15) is 0 Å². The molecular weight excluding hydrogens is 305 g/mol. The number of para-hydroxylation sites is 1. The second kappa shape index (κ2) is 4.43. The van der Waals surface area contributed by atoms with Crippen LogP contribution in [-0.2, 0) is 0 Å². The van der Waals surface area contributed by atoms with Crippen LogP contribution in [0.4, 0.5) is 5.69 Å². The summed E-state index contributed by atoms with van der Waals surface area (Å²) >= 11 is 2.17. The highest BCUT2D eigenvalue weighted by Crippen LogP contribution is 2.17. The predicted molar refractivity (Wildman–Crippen MR) is 65.7 cm³/mol. The van der Waals surface area contributed by atoms with Crippen LogP contribution in [-0.4, -0.2) is 15.9 Å². The number of nitrogens with one attached hydrogen (secondary N) is 2. The van der Waals surface area contributed by atoms with E-state index < -0.39 is 0 Å². The van der Waals surface area contributed by atoms with Crippen LogP contribution in [0.1, 0.15) is 10.6 Å². The van der Waals surface area contributed by atoms with Gasteiger partial charge in [0.05, 0.1) is 5.69 Å². The predicted octanol–water partition coefficient (Wildman–Crippen LogP) is 2.27. The fourth-order valence-corrected chi connectivity index (χ4v) is 1.66. The molecule has 2 N–H and O–H groups in total. The Hall–Kier alpha value is -1.37. The van der Waals surface area contributed by atoms with E-state index in [-0.39, 0.29) is 5.91 Å². The molecule has 0 bridgehead atoms. The quantitative estimate of drug-likeness (QED) is 0.836. The number of carbonyl (C=O) groups is 1. The molecule has 0 aliphatic rings. The number of aromatic nitrogens is 2. The molecule has 0 spiro atoms. The number of amides is 1. The zero-order valence-electron chi connectivity index (χ0n) is 7.70. The largest absolute Gasteiger partial charge is 0.341 e. The topological polar surface area (TPSA) is 57.8 Å². The number of hydrogen-bond acceptors (Lipinski definition) is 2. The first kappa shape index (κ1) is 10.2. The first-order chi connectivity index (χ1) is 7.27. The molecule has 0 saturated carbocycles. The summed E-state index contributed by atoms with van der Waals surface area (Å²) in [6, 6.07) is 7.57. The standard InChI is InChI=1S/C10H8IN3O/c11-7-3-1-2-4-8(7)14-10(15)9-12-5-6-13-9/h1-6H,(H,12,13)(H,14,15). The molecule has 0 fully saturated rings. The van der Waals surface area contributed by atoms with Crippen LogP contribution in [0.5, 0.6) is 0 Å². The molecule has 1 aromatic heterocycles. The summed E-state index contributed by atoms with van der Waals surface area (Å²) in [5.74, 6) is 0.0822. The molecule has 76 valence electrons. The van der Waals surface area contributed by atoms with Crippen molar-refractivity contribution in [3.05, 3.63) is 46.1 Å². The van der Waals surface area contributed by atoms with Gasteiger partial charge in [0, 0.05) is 16.0 Å². The maximum absolute atomic E-state index is 11.6. The molecule has 0 atom stereocenters. The fourth-order valence-electron chi connectivity index (χ4n) is 1.13. The van der Waals surface area contributed by atoms with Gasteiger partial charge < -0.3 is 10.3 Å². The highest BCUT2D eigenvalue weighted by Gasteiger charge is 2.08. The van der Waals surface area contributed by atoms with Crippen LogP contribution in [0.15, 0.2) is 36.7 Å². The number of imidazole rings is 1. The van der Waals surface area contributed by atoms with Gasteiger partial charge in [0.1, 0.15) is 0 Å².